The molecular weight excluding hydrogens is 268 g/mol. The summed E-state index contributed by atoms with van der Waals surface area (Å²) >= 11 is 1.69. The van der Waals surface area contributed by atoms with E-state index in [-0.39, 0.29) is 12.1 Å². The van der Waals surface area contributed by atoms with E-state index in [4.69, 9.17) is 10.5 Å². The van der Waals surface area contributed by atoms with Crippen LogP contribution in [-0.2, 0) is 6.42 Å². The first-order valence-corrected chi connectivity index (χ1v) is 7.81. The summed E-state index contributed by atoms with van der Waals surface area (Å²) in [5.41, 5.74) is 8.53. The average Bonchev–Trinajstić information content (AvgIpc) is 2.79. The Morgan fingerprint density at radius 3 is 2.40 bits per heavy atom. The maximum Gasteiger partial charge on any atom is 0.119 e. The third-order valence-electron chi connectivity index (χ3n) is 3.12. The van der Waals surface area contributed by atoms with Gasteiger partial charge in [-0.15, -0.1) is 11.3 Å². The lowest BCUT2D eigenvalue weighted by atomic mass is 10.1. The van der Waals surface area contributed by atoms with Crippen LogP contribution in [0.25, 0.3) is 0 Å². The van der Waals surface area contributed by atoms with Crippen LogP contribution in [0, 0.1) is 6.92 Å². The lowest BCUT2D eigenvalue weighted by Crippen LogP contribution is -2.12. The van der Waals surface area contributed by atoms with E-state index >= 15 is 0 Å². The lowest BCUT2D eigenvalue weighted by molar-refractivity contribution is 0.242. The molecule has 4 heteroatoms. The summed E-state index contributed by atoms with van der Waals surface area (Å²) in [7, 11) is 0. The van der Waals surface area contributed by atoms with Crippen LogP contribution in [0.2, 0.25) is 0 Å². The Morgan fingerprint density at radius 2 is 1.90 bits per heavy atom. The van der Waals surface area contributed by atoms with Crippen LogP contribution in [0.5, 0.6) is 5.75 Å². The number of benzene rings is 1. The van der Waals surface area contributed by atoms with Crippen molar-refractivity contribution in [3.05, 3.63) is 45.4 Å². The first-order chi connectivity index (χ1) is 9.51. The molecule has 108 valence electrons. The molecule has 0 radical (unpaired) electrons. The first kappa shape index (κ1) is 15.0. The summed E-state index contributed by atoms with van der Waals surface area (Å²) in [5.74, 6) is 0.875. The third kappa shape index (κ3) is 3.38. The highest BCUT2D eigenvalue weighted by atomic mass is 32.1. The molecule has 0 saturated carbocycles. The number of aromatic nitrogens is 1. The molecule has 1 heterocycles. The number of nitrogens with zero attached hydrogens (tertiary/aromatic N) is 1. The minimum atomic E-state index is -0.160. The van der Waals surface area contributed by atoms with Crippen molar-refractivity contribution in [3.63, 3.8) is 0 Å². The van der Waals surface area contributed by atoms with E-state index in [0.717, 1.165) is 28.4 Å². The minimum absolute atomic E-state index is 0.160. The van der Waals surface area contributed by atoms with Crippen molar-refractivity contribution in [2.45, 2.75) is 46.3 Å². The SMILES string of the molecule is CCc1nc(C(N)c2ccc(OC(C)C)cc2)sc1C. The zero-order chi connectivity index (χ0) is 14.7. The van der Waals surface area contributed by atoms with Gasteiger partial charge in [0, 0.05) is 4.88 Å². The van der Waals surface area contributed by atoms with E-state index < -0.39 is 0 Å². The van der Waals surface area contributed by atoms with Gasteiger partial charge in [0.2, 0.25) is 0 Å². The zero-order valence-corrected chi connectivity index (χ0v) is 13.3. The average molecular weight is 290 g/mol. The molecule has 2 aromatic rings. The van der Waals surface area contributed by atoms with Gasteiger partial charge in [-0.1, -0.05) is 19.1 Å². The molecule has 0 spiro atoms. The molecule has 2 N–H and O–H groups in total. The summed E-state index contributed by atoms with van der Waals surface area (Å²) in [6, 6.07) is 7.81. The highest BCUT2D eigenvalue weighted by Crippen LogP contribution is 2.27. The van der Waals surface area contributed by atoms with Gasteiger partial charge in [-0.3, -0.25) is 0 Å². The van der Waals surface area contributed by atoms with E-state index in [0.29, 0.717) is 0 Å². The number of hydrogen-bond donors (Lipinski definition) is 1. The second kappa shape index (κ2) is 6.37. The molecule has 0 fully saturated rings. The van der Waals surface area contributed by atoms with Crippen molar-refractivity contribution in [3.8, 4) is 5.75 Å². The Kier molecular flexibility index (Phi) is 4.78. The monoisotopic (exact) mass is 290 g/mol. The predicted octanol–water partition coefficient (Wildman–Crippen LogP) is 3.85. The molecule has 1 atom stereocenters. The molecule has 0 saturated heterocycles. The topological polar surface area (TPSA) is 48.1 Å². The van der Waals surface area contributed by atoms with Gasteiger partial charge in [-0.05, 0) is 44.9 Å². The Bertz CT molecular complexity index is 560. The zero-order valence-electron chi connectivity index (χ0n) is 12.5. The Hall–Kier alpha value is -1.39. The van der Waals surface area contributed by atoms with Gasteiger partial charge in [0.15, 0.2) is 0 Å². The second-order valence-corrected chi connectivity index (χ2v) is 6.36. The van der Waals surface area contributed by atoms with Crippen molar-refractivity contribution in [1.82, 2.24) is 4.98 Å². The summed E-state index contributed by atoms with van der Waals surface area (Å²) in [6.07, 6.45) is 1.14. The number of ether oxygens (including phenoxy) is 1. The van der Waals surface area contributed by atoms with Crippen LogP contribution < -0.4 is 10.5 Å². The molecule has 0 aliphatic rings. The molecule has 0 amide bonds. The van der Waals surface area contributed by atoms with E-state index in [1.54, 1.807) is 11.3 Å². The molecule has 2 rings (SSSR count). The maximum absolute atomic E-state index is 6.31. The van der Waals surface area contributed by atoms with Crippen LogP contribution in [0.3, 0.4) is 0 Å². The highest BCUT2D eigenvalue weighted by Gasteiger charge is 2.15. The molecule has 0 bridgehead atoms. The van der Waals surface area contributed by atoms with E-state index in [2.05, 4.69) is 18.8 Å². The number of rotatable bonds is 5. The van der Waals surface area contributed by atoms with Crippen LogP contribution in [0.1, 0.15) is 48.0 Å². The van der Waals surface area contributed by atoms with Crippen LogP contribution in [-0.4, -0.2) is 11.1 Å². The van der Waals surface area contributed by atoms with Crippen molar-refractivity contribution < 1.29 is 4.74 Å². The summed E-state index contributed by atoms with van der Waals surface area (Å²) in [4.78, 5) is 5.90. The predicted molar refractivity (Wildman–Crippen MR) is 84.5 cm³/mol. The fourth-order valence-corrected chi connectivity index (χ4v) is 3.12. The number of nitrogens with two attached hydrogens (primary N) is 1. The van der Waals surface area contributed by atoms with Gasteiger partial charge in [0.1, 0.15) is 10.8 Å². The van der Waals surface area contributed by atoms with E-state index in [1.165, 1.54) is 4.88 Å². The Morgan fingerprint density at radius 1 is 1.25 bits per heavy atom. The van der Waals surface area contributed by atoms with Crippen LogP contribution >= 0.6 is 11.3 Å². The standard InChI is InChI=1S/C16H22N2OS/c1-5-14-11(4)20-16(18-14)15(17)12-6-8-13(9-7-12)19-10(2)3/h6-10,15H,5,17H2,1-4H3. The van der Waals surface area contributed by atoms with Gasteiger partial charge in [0.05, 0.1) is 17.8 Å². The second-order valence-electron chi connectivity index (χ2n) is 5.12. The van der Waals surface area contributed by atoms with Crippen LogP contribution in [0.4, 0.5) is 0 Å². The van der Waals surface area contributed by atoms with E-state index in [1.807, 2.05) is 38.1 Å². The third-order valence-corrected chi connectivity index (χ3v) is 4.22. The quantitative estimate of drug-likeness (QED) is 0.910. The van der Waals surface area contributed by atoms with Gasteiger partial charge in [-0.25, -0.2) is 4.98 Å². The maximum atomic E-state index is 6.31. The fraction of sp³-hybridized carbons (Fsp3) is 0.438. The van der Waals surface area contributed by atoms with Gasteiger partial charge in [-0.2, -0.15) is 0 Å². The highest BCUT2D eigenvalue weighted by molar-refractivity contribution is 7.11. The van der Waals surface area contributed by atoms with Crippen LogP contribution in [0.15, 0.2) is 24.3 Å². The number of hydrogen-bond acceptors (Lipinski definition) is 4. The summed E-state index contributed by atoms with van der Waals surface area (Å²) < 4.78 is 5.64. The summed E-state index contributed by atoms with van der Waals surface area (Å²) in [5, 5.41) is 0.983. The smallest absolute Gasteiger partial charge is 0.119 e. The normalized spacial score (nSPS) is 12.7. The Labute approximate surface area is 124 Å². The molecule has 3 nitrogen and oxygen atoms in total. The van der Waals surface area contributed by atoms with Crippen molar-refractivity contribution in [2.75, 3.05) is 0 Å². The van der Waals surface area contributed by atoms with E-state index in [9.17, 15) is 0 Å². The summed E-state index contributed by atoms with van der Waals surface area (Å²) in [6.45, 7) is 8.26. The number of aryl methyl sites for hydroxylation is 2. The molecule has 1 unspecified atom stereocenters. The van der Waals surface area contributed by atoms with Crippen molar-refractivity contribution in [2.24, 2.45) is 5.73 Å². The van der Waals surface area contributed by atoms with Crippen molar-refractivity contribution >= 4 is 11.3 Å². The molecule has 0 aliphatic heterocycles. The first-order valence-electron chi connectivity index (χ1n) is 6.99. The van der Waals surface area contributed by atoms with Gasteiger partial charge in [0.25, 0.3) is 0 Å². The molecular formula is C16H22N2OS. The fourth-order valence-electron chi connectivity index (χ4n) is 2.08. The minimum Gasteiger partial charge on any atom is -0.491 e. The lowest BCUT2D eigenvalue weighted by Gasteiger charge is -2.12. The molecule has 0 aliphatic carbocycles. The number of thiazole rings is 1. The molecule has 20 heavy (non-hydrogen) atoms. The molecule has 1 aromatic carbocycles. The van der Waals surface area contributed by atoms with Gasteiger partial charge < -0.3 is 10.5 Å². The van der Waals surface area contributed by atoms with Crippen molar-refractivity contribution in [1.29, 1.82) is 0 Å². The molecule has 1 aromatic heterocycles. The largest absolute Gasteiger partial charge is 0.491 e. The Balaban J connectivity index is 2.17. The van der Waals surface area contributed by atoms with Gasteiger partial charge >= 0.3 is 0 Å².